The molecule has 2 amide bonds. The van der Waals surface area contributed by atoms with E-state index >= 15 is 0 Å². The Morgan fingerprint density at radius 3 is 2.66 bits per heavy atom. The number of nitrogens with one attached hydrogen (secondary N) is 2. The summed E-state index contributed by atoms with van der Waals surface area (Å²) in [6.45, 7) is 6.39. The molecule has 11 heteroatoms. The number of carbonyl (C=O) groups is 2. The molecule has 0 atom stereocenters. The second-order valence-electron chi connectivity index (χ2n) is 8.84. The van der Waals surface area contributed by atoms with Gasteiger partial charge in [0.1, 0.15) is 18.9 Å². The number of rotatable bonds is 11. The van der Waals surface area contributed by atoms with E-state index in [1.807, 2.05) is 31.2 Å². The summed E-state index contributed by atoms with van der Waals surface area (Å²) in [5.74, 6) is -0.225. The van der Waals surface area contributed by atoms with Gasteiger partial charge in [-0.05, 0) is 32.9 Å². The van der Waals surface area contributed by atoms with Gasteiger partial charge in [-0.15, -0.1) is 0 Å². The minimum Gasteiger partial charge on any atom is -0.492 e. The molecule has 0 aliphatic rings. The zero-order valence-corrected chi connectivity index (χ0v) is 20.3. The zero-order chi connectivity index (χ0) is 25.4. The summed E-state index contributed by atoms with van der Waals surface area (Å²) in [5.41, 5.74) is 0.886. The number of carbonyl (C=O) groups excluding carboxylic acids is 2. The molecule has 0 unspecified atom stereocenters. The number of aromatic nitrogens is 4. The summed E-state index contributed by atoms with van der Waals surface area (Å²) < 4.78 is 20.4. The van der Waals surface area contributed by atoms with Crippen LogP contribution in [0.5, 0.6) is 5.75 Å². The highest BCUT2D eigenvalue weighted by Gasteiger charge is 2.23. The molecule has 2 aromatic heterocycles. The molecule has 186 valence electrons. The number of amides is 2. The minimum absolute atomic E-state index is 0.0286. The van der Waals surface area contributed by atoms with Crippen LogP contribution in [0.2, 0.25) is 0 Å². The third-order valence-corrected chi connectivity index (χ3v) is 5.03. The number of hydrogen-bond acceptors (Lipinski definition) is 7. The summed E-state index contributed by atoms with van der Waals surface area (Å²) in [6, 6.07) is 8.86. The maximum absolute atomic E-state index is 13.3. The maximum atomic E-state index is 13.3. The first kappa shape index (κ1) is 25.6. The van der Waals surface area contributed by atoms with Crippen molar-refractivity contribution in [3.63, 3.8) is 0 Å². The Bertz CT molecular complexity index is 1150. The summed E-state index contributed by atoms with van der Waals surface area (Å²) in [4.78, 5) is 34.1. The van der Waals surface area contributed by atoms with Crippen molar-refractivity contribution < 1.29 is 18.7 Å². The molecule has 0 bridgehead atoms. The fourth-order valence-electron chi connectivity index (χ4n) is 3.18. The van der Waals surface area contributed by atoms with E-state index in [0.29, 0.717) is 18.8 Å². The van der Waals surface area contributed by atoms with Crippen LogP contribution in [0.1, 0.15) is 25.8 Å². The van der Waals surface area contributed by atoms with Gasteiger partial charge in [-0.2, -0.15) is 14.5 Å². The topological polar surface area (TPSA) is 114 Å². The van der Waals surface area contributed by atoms with Crippen molar-refractivity contribution >= 4 is 23.5 Å². The molecule has 10 nitrogen and oxygen atoms in total. The van der Waals surface area contributed by atoms with Crippen LogP contribution in [-0.2, 0) is 16.1 Å². The van der Waals surface area contributed by atoms with Gasteiger partial charge in [-0.1, -0.05) is 17.7 Å². The van der Waals surface area contributed by atoms with Gasteiger partial charge < -0.3 is 20.3 Å². The lowest BCUT2D eigenvalue weighted by atomic mass is 10.0. The fraction of sp³-hybridized carbons (Fsp3) is 0.375. The maximum Gasteiger partial charge on any atom is 0.244 e. The zero-order valence-electron chi connectivity index (χ0n) is 20.3. The van der Waals surface area contributed by atoms with Gasteiger partial charge in [0, 0.05) is 37.5 Å². The predicted molar refractivity (Wildman–Crippen MR) is 129 cm³/mol. The van der Waals surface area contributed by atoms with Gasteiger partial charge in [0.05, 0.1) is 18.4 Å². The molecule has 35 heavy (non-hydrogen) atoms. The number of halogens is 1. The van der Waals surface area contributed by atoms with Crippen molar-refractivity contribution in [2.75, 3.05) is 30.8 Å². The monoisotopic (exact) mass is 483 g/mol. The van der Waals surface area contributed by atoms with Gasteiger partial charge in [-0.25, -0.2) is 4.98 Å². The SMILES string of the molecule is Cc1ccc(OCCN(C)C(=O)Cn2cc(NC(=O)CC(C)(C)Nc3nccc(F)n3)cn2)cc1. The first-order chi connectivity index (χ1) is 16.6. The molecule has 0 aliphatic heterocycles. The number of likely N-dealkylation sites (N-methyl/N-ethyl adjacent to an activating group) is 1. The molecule has 0 saturated heterocycles. The number of aryl methyl sites for hydroxylation is 1. The number of benzene rings is 1. The third kappa shape index (κ3) is 8.36. The Hall–Kier alpha value is -4.02. The van der Waals surface area contributed by atoms with Crippen molar-refractivity contribution in [1.82, 2.24) is 24.6 Å². The van der Waals surface area contributed by atoms with Gasteiger partial charge in [0.25, 0.3) is 0 Å². The van der Waals surface area contributed by atoms with E-state index in [9.17, 15) is 14.0 Å². The Balaban J connectivity index is 1.43. The summed E-state index contributed by atoms with van der Waals surface area (Å²) in [6.07, 6.45) is 4.43. The summed E-state index contributed by atoms with van der Waals surface area (Å²) >= 11 is 0. The average Bonchev–Trinajstić information content (AvgIpc) is 3.20. The molecular formula is C24H30FN7O3. The Morgan fingerprint density at radius 2 is 1.94 bits per heavy atom. The van der Waals surface area contributed by atoms with Crippen LogP contribution in [0.3, 0.4) is 0 Å². The van der Waals surface area contributed by atoms with E-state index < -0.39 is 11.5 Å². The Morgan fingerprint density at radius 1 is 1.20 bits per heavy atom. The van der Waals surface area contributed by atoms with Crippen LogP contribution < -0.4 is 15.4 Å². The first-order valence-electron chi connectivity index (χ1n) is 11.1. The lowest BCUT2D eigenvalue weighted by Gasteiger charge is -2.25. The van der Waals surface area contributed by atoms with Crippen molar-refractivity contribution in [2.45, 2.75) is 39.3 Å². The number of hydrogen-bond donors (Lipinski definition) is 2. The van der Waals surface area contributed by atoms with E-state index in [4.69, 9.17) is 4.74 Å². The normalized spacial score (nSPS) is 11.1. The minimum atomic E-state index is -0.729. The quantitative estimate of drug-likeness (QED) is 0.403. The summed E-state index contributed by atoms with van der Waals surface area (Å²) in [7, 11) is 1.70. The molecule has 2 heterocycles. The van der Waals surface area contributed by atoms with Crippen molar-refractivity contribution in [2.24, 2.45) is 0 Å². The molecule has 2 N–H and O–H groups in total. The molecule has 0 aliphatic carbocycles. The van der Waals surface area contributed by atoms with Crippen molar-refractivity contribution in [1.29, 1.82) is 0 Å². The molecule has 0 spiro atoms. The van der Waals surface area contributed by atoms with E-state index in [0.717, 1.165) is 17.4 Å². The van der Waals surface area contributed by atoms with Gasteiger partial charge >= 0.3 is 0 Å². The van der Waals surface area contributed by atoms with Gasteiger partial charge in [0.15, 0.2) is 0 Å². The summed E-state index contributed by atoms with van der Waals surface area (Å²) in [5, 5.41) is 9.84. The highest BCUT2D eigenvalue weighted by molar-refractivity contribution is 5.91. The predicted octanol–water partition coefficient (Wildman–Crippen LogP) is 2.88. The van der Waals surface area contributed by atoms with Gasteiger partial charge in [-0.3, -0.25) is 14.3 Å². The lowest BCUT2D eigenvalue weighted by molar-refractivity contribution is -0.131. The first-order valence-corrected chi connectivity index (χ1v) is 11.1. The third-order valence-electron chi connectivity index (χ3n) is 5.03. The standard InChI is InChI=1S/C24H30FN7O3/c1-17-5-7-19(8-6-17)35-12-11-31(4)22(34)16-32-15-18(14-27-32)28-21(33)13-24(2,3)30-23-26-10-9-20(25)29-23/h5-10,14-15H,11-13,16H2,1-4H3,(H,28,33)(H,26,29,30). The fourth-order valence-corrected chi connectivity index (χ4v) is 3.18. The van der Waals surface area contributed by atoms with E-state index in [1.54, 1.807) is 32.0 Å². The molecule has 3 aromatic rings. The van der Waals surface area contributed by atoms with Gasteiger partial charge in [0.2, 0.25) is 23.7 Å². The van der Waals surface area contributed by atoms with Crippen molar-refractivity contribution in [3.05, 3.63) is 60.4 Å². The van der Waals surface area contributed by atoms with E-state index in [-0.39, 0.29) is 30.7 Å². The van der Waals surface area contributed by atoms with Crippen LogP contribution in [0.15, 0.2) is 48.9 Å². The van der Waals surface area contributed by atoms with E-state index in [1.165, 1.54) is 17.1 Å². The second kappa shape index (κ2) is 11.4. The molecule has 3 rings (SSSR count). The number of ether oxygens (including phenoxy) is 1. The molecular weight excluding hydrogens is 453 g/mol. The Labute approximate surface area is 203 Å². The van der Waals surface area contributed by atoms with Crippen LogP contribution in [0.4, 0.5) is 16.0 Å². The molecule has 0 radical (unpaired) electrons. The number of anilines is 2. The second-order valence-corrected chi connectivity index (χ2v) is 8.84. The van der Waals surface area contributed by atoms with Crippen LogP contribution in [0.25, 0.3) is 0 Å². The molecule has 0 saturated carbocycles. The lowest BCUT2D eigenvalue weighted by Crippen LogP contribution is -2.36. The van der Waals surface area contributed by atoms with Crippen LogP contribution in [0, 0.1) is 12.9 Å². The van der Waals surface area contributed by atoms with Crippen molar-refractivity contribution in [3.8, 4) is 5.75 Å². The molecule has 1 aromatic carbocycles. The number of nitrogens with zero attached hydrogens (tertiary/aromatic N) is 5. The Kier molecular flexibility index (Phi) is 8.34. The van der Waals surface area contributed by atoms with E-state index in [2.05, 4.69) is 25.7 Å². The molecule has 0 fully saturated rings. The largest absolute Gasteiger partial charge is 0.492 e. The smallest absolute Gasteiger partial charge is 0.244 e. The van der Waals surface area contributed by atoms with Crippen LogP contribution >= 0.6 is 0 Å². The highest BCUT2D eigenvalue weighted by Crippen LogP contribution is 2.17. The average molecular weight is 484 g/mol. The van der Waals surface area contributed by atoms with Crippen LogP contribution in [-0.4, -0.2) is 62.2 Å². The highest BCUT2D eigenvalue weighted by atomic mass is 19.1.